The fourth-order valence-corrected chi connectivity index (χ4v) is 4.09. The van der Waals surface area contributed by atoms with Gasteiger partial charge in [0.15, 0.2) is 5.82 Å². The number of carbonyl (C=O) groups excluding carboxylic acids is 2. The molecule has 1 unspecified atom stereocenters. The molecule has 3 rings (SSSR count). The third-order valence-electron chi connectivity index (χ3n) is 4.27. The number of rotatable bonds is 6. The molecule has 2 heterocycles. The van der Waals surface area contributed by atoms with E-state index in [9.17, 15) is 22.8 Å². The Labute approximate surface area is 164 Å². The molecule has 0 aliphatic carbocycles. The second-order valence-electron chi connectivity index (χ2n) is 6.31. The Kier molecular flexibility index (Phi) is 5.97. The van der Waals surface area contributed by atoms with Crippen molar-refractivity contribution in [2.75, 3.05) is 16.9 Å². The monoisotopic (exact) mass is 412 g/mol. The van der Waals surface area contributed by atoms with Crippen molar-refractivity contribution in [1.82, 2.24) is 14.5 Å². The minimum absolute atomic E-state index is 0.0376. The average molecular weight is 412 g/mol. The molecule has 1 aliphatic rings. The van der Waals surface area contributed by atoms with Crippen LogP contribution in [0.3, 0.4) is 0 Å². The number of alkyl halides is 2. The molecule has 1 aliphatic heterocycles. The lowest BCUT2D eigenvalue weighted by molar-refractivity contribution is -0.162. The summed E-state index contributed by atoms with van der Waals surface area (Å²) < 4.78 is 44.3. The number of thioether (sulfide) groups is 1. The number of carbonyl (C=O) groups is 2. The summed E-state index contributed by atoms with van der Waals surface area (Å²) in [5.41, 5.74) is 0.194. The lowest BCUT2D eigenvalue weighted by Gasteiger charge is -2.27. The molecule has 1 atom stereocenters. The van der Waals surface area contributed by atoms with Gasteiger partial charge in [-0.2, -0.15) is 8.78 Å². The number of nitrogens with zero attached hydrogens (tertiary/aromatic N) is 3. The molecule has 1 saturated heterocycles. The Morgan fingerprint density at radius 1 is 1.39 bits per heavy atom. The first-order valence-corrected chi connectivity index (χ1v) is 9.84. The molecule has 1 N–H and O–H groups in total. The van der Waals surface area contributed by atoms with Gasteiger partial charge in [-0.1, -0.05) is 13.0 Å². The van der Waals surface area contributed by atoms with E-state index in [2.05, 4.69) is 10.3 Å². The average Bonchev–Trinajstić information content (AvgIpc) is 3.31. The van der Waals surface area contributed by atoms with Crippen LogP contribution in [0, 0.1) is 5.82 Å². The maximum absolute atomic E-state index is 14.9. The van der Waals surface area contributed by atoms with E-state index in [0.29, 0.717) is 13.0 Å². The molecular formula is C18H19F3N4O2S. The number of nitrogens with one attached hydrogen (secondary N) is 1. The van der Waals surface area contributed by atoms with Gasteiger partial charge < -0.3 is 14.8 Å². The number of benzene rings is 1. The molecule has 1 aromatic carbocycles. The highest BCUT2D eigenvalue weighted by molar-refractivity contribution is 7.99. The first-order chi connectivity index (χ1) is 13.3. The number of imidazole rings is 1. The zero-order valence-corrected chi connectivity index (χ0v) is 15.9. The van der Waals surface area contributed by atoms with Gasteiger partial charge in [0.05, 0.1) is 5.88 Å². The van der Waals surface area contributed by atoms with Crippen molar-refractivity contribution in [2.24, 2.45) is 0 Å². The quantitative estimate of drug-likeness (QED) is 0.792. The number of halogens is 3. The fourth-order valence-electron chi connectivity index (χ4n) is 2.94. The van der Waals surface area contributed by atoms with Crippen LogP contribution in [0.15, 0.2) is 36.7 Å². The number of hydrogen-bond donors (Lipinski definition) is 1. The van der Waals surface area contributed by atoms with E-state index in [0.717, 1.165) is 11.0 Å². The van der Waals surface area contributed by atoms with Crippen LogP contribution in [-0.2, 0) is 22.1 Å². The molecule has 10 heteroatoms. The molecular weight excluding hydrogens is 393 g/mol. The predicted molar refractivity (Wildman–Crippen MR) is 99.4 cm³/mol. The van der Waals surface area contributed by atoms with Gasteiger partial charge in [-0.25, -0.2) is 9.37 Å². The smallest absolute Gasteiger partial charge is 0.329 e. The van der Waals surface area contributed by atoms with Gasteiger partial charge in [0.2, 0.25) is 5.91 Å². The summed E-state index contributed by atoms with van der Waals surface area (Å²) in [5.74, 6) is -7.02. The van der Waals surface area contributed by atoms with E-state index >= 15 is 0 Å². The van der Waals surface area contributed by atoms with Crippen LogP contribution in [0.4, 0.5) is 18.9 Å². The molecule has 6 nitrogen and oxygen atoms in total. The Balaban J connectivity index is 1.78. The number of aromatic nitrogens is 2. The number of anilines is 1. The highest BCUT2D eigenvalue weighted by Gasteiger charge is 2.51. The van der Waals surface area contributed by atoms with Crippen LogP contribution in [0.1, 0.15) is 19.2 Å². The van der Waals surface area contributed by atoms with Crippen molar-refractivity contribution in [3.05, 3.63) is 48.3 Å². The molecule has 0 radical (unpaired) electrons. The zero-order valence-electron chi connectivity index (χ0n) is 15.1. The Hall–Kier alpha value is -2.49. The van der Waals surface area contributed by atoms with Gasteiger partial charge in [-0.05, 0) is 24.6 Å². The van der Waals surface area contributed by atoms with Crippen LogP contribution in [-0.4, -0.2) is 43.9 Å². The van der Waals surface area contributed by atoms with Gasteiger partial charge in [0.25, 0.3) is 0 Å². The largest absolute Gasteiger partial charge is 0.381 e. The van der Waals surface area contributed by atoms with Gasteiger partial charge in [-0.15, -0.1) is 11.8 Å². The minimum atomic E-state index is -3.86. The van der Waals surface area contributed by atoms with Gasteiger partial charge in [0.1, 0.15) is 11.9 Å². The van der Waals surface area contributed by atoms with Crippen LogP contribution < -0.4 is 5.32 Å². The van der Waals surface area contributed by atoms with E-state index in [1.54, 1.807) is 0 Å². The van der Waals surface area contributed by atoms with E-state index in [4.69, 9.17) is 0 Å². The summed E-state index contributed by atoms with van der Waals surface area (Å²) in [6.07, 6.45) is 3.22. The highest BCUT2D eigenvalue weighted by atomic mass is 32.2. The van der Waals surface area contributed by atoms with Crippen LogP contribution in [0.2, 0.25) is 0 Å². The minimum Gasteiger partial charge on any atom is -0.329 e. The normalized spacial score (nSPS) is 17.0. The molecule has 0 spiro atoms. The summed E-state index contributed by atoms with van der Waals surface area (Å²) >= 11 is 1.20. The molecule has 1 aromatic heterocycles. The molecule has 1 fully saturated rings. The second kappa shape index (κ2) is 8.26. The molecule has 2 aromatic rings. The summed E-state index contributed by atoms with van der Waals surface area (Å²) in [5, 5.41) is 2.48. The van der Waals surface area contributed by atoms with Gasteiger partial charge >= 0.3 is 11.8 Å². The third-order valence-corrected chi connectivity index (χ3v) is 5.28. The van der Waals surface area contributed by atoms with Crippen LogP contribution in [0.5, 0.6) is 0 Å². The second-order valence-corrected chi connectivity index (χ2v) is 7.31. The van der Waals surface area contributed by atoms with Crippen molar-refractivity contribution in [2.45, 2.75) is 31.9 Å². The van der Waals surface area contributed by atoms with Crippen LogP contribution >= 0.6 is 11.8 Å². The van der Waals surface area contributed by atoms with Gasteiger partial charge in [-0.3, -0.25) is 9.59 Å². The molecule has 150 valence electrons. The van der Waals surface area contributed by atoms with Gasteiger partial charge in [0, 0.05) is 30.4 Å². The third kappa shape index (κ3) is 4.01. The number of amides is 2. The summed E-state index contributed by atoms with van der Waals surface area (Å²) in [6.45, 7) is 2.13. The molecule has 0 bridgehead atoms. The maximum atomic E-state index is 14.9. The predicted octanol–water partition coefficient (Wildman–Crippen LogP) is 3.06. The van der Waals surface area contributed by atoms with E-state index in [1.165, 1.54) is 46.9 Å². The lowest BCUT2D eigenvalue weighted by Crippen LogP contribution is -2.50. The summed E-state index contributed by atoms with van der Waals surface area (Å²) in [4.78, 5) is 29.6. The van der Waals surface area contributed by atoms with E-state index < -0.39 is 35.4 Å². The zero-order chi connectivity index (χ0) is 20.3. The SMILES string of the molecule is CCCn1ccnc1C(F)(F)C(=O)N1CSCC1C(=O)Nc1cccc(F)c1. The standard InChI is InChI=1S/C18H19F3N4O2S/c1-2-7-24-8-6-22-16(24)18(20,21)17(27)25-11-28-10-14(25)15(26)23-13-5-3-4-12(19)9-13/h3-6,8-9,14H,2,7,10-11H2,1H3,(H,23,26). The molecule has 28 heavy (non-hydrogen) atoms. The first kappa shape index (κ1) is 20.2. The van der Waals surface area contributed by atoms with Crippen molar-refractivity contribution in [3.63, 3.8) is 0 Å². The van der Waals surface area contributed by atoms with Crippen molar-refractivity contribution in [3.8, 4) is 0 Å². The first-order valence-electron chi connectivity index (χ1n) is 8.69. The number of aryl methyl sites for hydroxylation is 1. The lowest BCUT2D eigenvalue weighted by atomic mass is 10.2. The van der Waals surface area contributed by atoms with Crippen molar-refractivity contribution in [1.29, 1.82) is 0 Å². The Morgan fingerprint density at radius 2 is 2.18 bits per heavy atom. The Bertz CT molecular complexity index is 874. The fraction of sp³-hybridized carbons (Fsp3) is 0.389. The Morgan fingerprint density at radius 3 is 2.89 bits per heavy atom. The van der Waals surface area contributed by atoms with Crippen LogP contribution in [0.25, 0.3) is 0 Å². The topological polar surface area (TPSA) is 67.2 Å². The number of hydrogen-bond acceptors (Lipinski definition) is 4. The molecule has 2 amide bonds. The van der Waals surface area contributed by atoms with E-state index in [-0.39, 0.29) is 17.3 Å². The maximum Gasteiger partial charge on any atom is 0.381 e. The van der Waals surface area contributed by atoms with E-state index in [1.807, 2.05) is 6.92 Å². The van der Waals surface area contributed by atoms with Crippen molar-refractivity contribution >= 4 is 29.3 Å². The molecule has 0 saturated carbocycles. The van der Waals surface area contributed by atoms with Crippen molar-refractivity contribution < 1.29 is 22.8 Å². The summed E-state index contributed by atoms with van der Waals surface area (Å²) in [7, 11) is 0. The highest BCUT2D eigenvalue weighted by Crippen LogP contribution is 2.33. The summed E-state index contributed by atoms with van der Waals surface area (Å²) in [6, 6.07) is 4.14.